The van der Waals surface area contributed by atoms with E-state index >= 15 is 0 Å². The molecule has 1 fully saturated rings. The van der Waals surface area contributed by atoms with Gasteiger partial charge in [0.05, 0.1) is 5.69 Å². The van der Waals surface area contributed by atoms with Crippen molar-refractivity contribution in [3.63, 3.8) is 0 Å². The zero-order valence-corrected chi connectivity index (χ0v) is 11.6. The van der Waals surface area contributed by atoms with E-state index in [0.717, 1.165) is 30.1 Å². The summed E-state index contributed by atoms with van der Waals surface area (Å²) in [4.78, 5) is 6.89. The minimum absolute atomic E-state index is 0.559. The fraction of sp³-hybridized carbons (Fsp3) is 0.571. The van der Waals surface area contributed by atoms with Crippen LogP contribution in [0, 0.1) is 6.92 Å². The Bertz CT molecular complexity index is 554. The normalized spacial score (nSPS) is 20.4. The van der Waals surface area contributed by atoms with Crippen LogP contribution >= 0.6 is 0 Å². The standard InChI is InChI=1S/C14H21N5/c1-11-10-13-14(16-8-9-19(13)17-11)18(2)12-4-3-6-15-7-5-12/h8-10,12,15H,3-7H2,1-2H3. The summed E-state index contributed by atoms with van der Waals surface area (Å²) in [5, 5.41) is 7.92. The molecule has 2 aromatic heterocycles. The van der Waals surface area contributed by atoms with Crippen molar-refractivity contribution in [2.24, 2.45) is 0 Å². The first-order chi connectivity index (χ1) is 9.25. The van der Waals surface area contributed by atoms with Gasteiger partial charge in [-0.15, -0.1) is 0 Å². The summed E-state index contributed by atoms with van der Waals surface area (Å²) in [7, 11) is 2.15. The Morgan fingerprint density at radius 1 is 1.37 bits per heavy atom. The molecule has 0 aliphatic carbocycles. The van der Waals surface area contributed by atoms with Crippen molar-refractivity contribution < 1.29 is 0 Å². The predicted molar refractivity (Wildman–Crippen MR) is 76.6 cm³/mol. The molecule has 5 heteroatoms. The summed E-state index contributed by atoms with van der Waals surface area (Å²) in [5.74, 6) is 1.04. The molecule has 0 bridgehead atoms. The fourth-order valence-electron chi connectivity index (χ4n) is 2.86. The Balaban J connectivity index is 1.93. The van der Waals surface area contributed by atoms with Gasteiger partial charge in [-0.05, 0) is 45.3 Å². The van der Waals surface area contributed by atoms with E-state index in [4.69, 9.17) is 0 Å². The Labute approximate surface area is 113 Å². The van der Waals surface area contributed by atoms with Crippen LogP contribution in [0.4, 0.5) is 5.82 Å². The van der Waals surface area contributed by atoms with E-state index in [0.29, 0.717) is 6.04 Å². The second-order valence-corrected chi connectivity index (χ2v) is 5.31. The second-order valence-electron chi connectivity index (χ2n) is 5.31. The largest absolute Gasteiger partial charge is 0.355 e. The number of hydrogen-bond acceptors (Lipinski definition) is 4. The maximum atomic E-state index is 4.57. The van der Waals surface area contributed by atoms with E-state index in [1.165, 1.54) is 19.3 Å². The van der Waals surface area contributed by atoms with Crippen LogP contribution < -0.4 is 10.2 Å². The molecule has 1 aliphatic rings. The van der Waals surface area contributed by atoms with Gasteiger partial charge in [-0.1, -0.05) is 0 Å². The van der Waals surface area contributed by atoms with Gasteiger partial charge in [0.2, 0.25) is 0 Å². The lowest BCUT2D eigenvalue weighted by molar-refractivity contribution is 0.563. The van der Waals surface area contributed by atoms with Crippen molar-refractivity contribution in [2.75, 3.05) is 25.0 Å². The van der Waals surface area contributed by atoms with Crippen LogP contribution in [0.1, 0.15) is 25.0 Å². The highest BCUT2D eigenvalue weighted by molar-refractivity contribution is 5.69. The molecular formula is C14H21N5. The maximum Gasteiger partial charge on any atom is 0.154 e. The highest BCUT2D eigenvalue weighted by Gasteiger charge is 2.20. The SMILES string of the molecule is Cc1cc2c(N(C)C3CCCNCC3)nccn2n1. The Morgan fingerprint density at radius 3 is 3.16 bits per heavy atom. The molecule has 3 rings (SSSR count). The maximum absolute atomic E-state index is 4.57. The Kier molecular flexibility index (Phi) is 3.38. The molecule has 3 heterocycles. The van der Waals surface area contributed by atoms with Gasteiger partial charge in [-0.2, -0.15) is 5.10 Å². The highest BCUT2D eigenvalue weighted by Crippen LogP contribution is 2.23. The van der Waals surface area contributed by atoms with Crippen molar-refractivity contribution in [1.29, 1.82) is 0 Å². The molecule has 1 unspecified atom stereocenters. The van der Waals surface area contributed by atoms with Gasteiger partial charge in [-0.3, -0.25) is 0 Å². The fourth-order valence-corrected chi connectivity index (χ4v) is 2.86. The molecule has 1 N–H and O–H groups in total. The summed E-state index contributed by atoms with van der Waals surface area (Å²) in [6.07, 6.45) is 7.37. The average molecular weight is 259 g/mol. The summed E-state index contributed by atoms with van der Waals surface area (Å²) in [5.41, 5.74) is 2.13. The van der Waals surface area contributed by atoms with Gasteiger partial charge < -0.3 is 10.2 Å². The van der Waals surface area contributed by atoms with Crippen molar-refractivity contribution in [1.82, 2.24) is 19.9 Å². The van der Waals surface area contributed by atoms with E-state index in [9.17, 15) is 0 Å². The van der Waals surface area contributed by atoms with Crippen LogP contribution in [0.15, 0.2) is 18.5 Å². The molecule has 102 valence electrons. The minimum Gasteiger partial charge on any atom is -0.355 e. The average Bonchev–Trinajstić information content (AvgIpc) is 2.63. The molecule has 0 spiro atoms. The molecular weight excluding hydrogens is 238 g/mol. The Morgan fingerprint density at radius 2 is 2.26 bits per heavy atom. The lowest BCUT2D eigenvalue weighted by atomic mass is 10.1. The predicted octanol–water partition coefficient (Wildman–Crippen LogP) is 1.62. The first-order valence-corrected chi connectivity index (χ1v) is 7.00. The molecule has 0 amide bonds. The number of nitrogens with one attached hydrogen (secondary N) is 1. The molecule has 0 saturated carbocycles. The number of aromatic nitrogens is 3. The van der Waals surface area contributed by atoms with Crippen LogP contribution in [-0.4, -0.2) is 40.8 Å². The lowest BCUT2D eigenvalue weighted by Gasteiger charge is -2.28. The van der Waals surface area contributed by atoms with Gasteiger partial charge in [0, 0.05) is 25.5 Å². The summed E-state index contributed by atoms with van der Waals surface area (Å²) < 4.78 is 1.92. The quantitative estimate of drug-likeness (QED) is 0.890. The van der Waals surface area contributed by atoms with E-state index in [1.54, 1.807) is 0 Å². The number of nitrogens with zero attached hydrogens (tertiary/aromatic N) is 4. The van der Waals surface area contributed by atoms with Crippen LogP contribution in [0.2, 0.25) is 0 Å². The number of anilines is 1. The van der Waals surface area contributed by atoms with Crippen LogP contribution in [0.3, 0.4) is 0 Å². The van der Waals surface area contributed by atoms with Crippen molar-refractivity contribution in [3.05, 3.63) is 24.2 Å². The second kappa shape index (κ2) is 5.17. The first kappa shape index (κ1) is 12.4. The third-order valence-electron chi connectivity index (χ3n) is 3.92. The Hall–Kier alpha value is -1.62. The van der Waals surface area contributed by atoms with E-state index in [2.05, 4.69) is 33.4 Å². The zero-order chi connectivity index (χ0) is 13.2. The number of fused-ring (bicyclic) bond motifs is 1. The monoisotopic (exact) mass is 259 g/mol. The summed E-state index contributed by atoms with van der Waals surface area (Å²) >= 11 is 0. The van der Waals surface area contributed by atoms with Crippen molar-refractivity contribution >= 4 is 11.3 Å². The molecule has 1 saturated heterocycles. The molecule has 19 heavy (non-hydrogen) atoms. The molecule has 0 radical (unpaired) electrons. The van der Waals surface area contributed by atoms with Gasteiger partial charge >= 0.3 is 0 Å². The molecule has 1 atom stereocenters. The molecule has 2 aromatic rings. The van der Waals surface area contributed by atoms with E-state index in [1.807, 2.05) is 23.8 Å². The van der Waals surface area contributed by atoms with Crippen LogP contribution in [-0.2, 0) is 0 Å². The molecule has 1 aliphatic heterocycles. The molecule has 5 nitrogen and oxygen atoms in total. The third kappa shape index (κ3) is 2.42. The van der Waals surface area contributed by atoms with Gasteiger partial charge in [0.1, 0.15) is 5.52 Å². The number of rotatable bonds is 2. The topological polar surface area (TPSA) is 45.5 Å². The van der Waals surface area contributed by atoms with E-state index < -0.39 is 0 Å². The minimum atomic E-state index is 0.559. The number of aryl methyl sites for hydroxylation is 1. The summed E-state index contributed by atoms with van der Waals surface area (Å²) in [6, 6.07) is 2.66. The van der Waals surface area contributed by atoms with Gasteiger partial charge in [0.25, 0.3) is 0 Å². The number of hydrogen-bond donors (Lipinski definition) is 1. The van der Waals surface area contributed by atoms with E-state index in [-0.39, 0.29) is 0 Å². The smallest absolute Gasteiger partial charge is 0.154 e. The zero-order valence-electron chi connectivity index (χ0n) is 11.6. The van der Waals surface area contributed by atoms with Crippen LogP contribution in [0.5, 0.6) is 0 Å². The first-order valence-electron chi connectivity index (χ1n) is 7.00. The van der Waals surface area contributed by atoms with Gasteiger partial charge in [0.15, 0.2) is 5.82 Å². The lowest BCUT2D eigenvalue weighted by Crippen LogP contribution is -2.33. The van der Waals surface area contributed by atoms with Crippen LogP contribution in [0.25, 0.3) is 5.52 Å². The van der Waals surface area contributed by atoms with Crippen molar-refractivity contribution in [3.8, 4) is 0 Å². The molecule has 0 aromatic carbocycles. The highest BCUT2D eigenvalue weighted by atomic mass is 15.3. The third-order valence-corrected chi connectivity index (χ3v) is 3.92. The van der Waals surface area contributed by atoms with Crippen molar-refractivity contribution in [2.45, 2.75) is 32.2 Å². The summed E-state index contributed by atoms with van der Waals surface area (Å²) in [6.45, 7) is 4.25. The van der Waals surface area contributed by atoms with Gasteiger partial charge in [-0.25, -0.2) is 9.50 Å².